The molecule has 0 saturated carbocycles. The van der Waals surface area contributed by atoms with Gasteiger partial charge in [-0.15, -0.1) is 5.10 Å². The fraction of sp³-hybridized carbons (Fsp3) is 0.714. The van der Waals surface area contributed by atoms with E-state index in [1.165, 1.54) is 19.3 Å². The molecule has 0 unspecified atom stereocenters. The highest BCUT2D eigenvalue weighted by Crippen LogP contribution is 2.07. The molecule has 1 aromatic heterocycles. The molecule has 0 aliphatic rings. The third-order valence-corrected chi connectivity index (χ3v) is 2.63. The average molecular weight is 251 g/mol. The number of nitrogens with one attached hydrogen (secondary N) is 1. The molecule has 0 aromatic carbocycles. The van der Waals surface area contributed by atoms with Crippen LogP contribution in [0.25, 0.3) is 0 Å². The molecule has 102 valence electrons. The summed E-state index contributed by atoms with van der Waals surface area (Å²) in [6, 6.07) is 4.31. The molecule has 1 aromatic rings. The summed E-state index contributed by atoms with van der Waals surface area (Å²) in [6.07, 6.45) is 4.83. The fourth-order valence-corrected chi connectivity index (χ4v) is 1.53. The van der Waals surface area contributed by atoms with E-state index in [-0.39, 0.29) is 0 Å². The molecule has 1 rings (SSSR count). The maximum atomic E-state index is 5.54. The van der Waals surface area contributed by atoms with Crippen molar-refractivity contribution in [2.75, 3.05) is 6.61 Å². The van der Waals surface area contributed by atoms with Crippen LogP contribution in [0.1, 0.15) is 52.1 Å². The molecule has 0 fully saturated rings. The third kappa shape index (κ3) is 6.55. The van der Waals surface area contributed by atoms with Crippen LogP contribution in [0.5, 0.6) is 5.88 Å². The van der Waals surface area contributed by atoms with E-state index in [1.54, 1.807) is 0 Å². The van der Waals surface area contributed by atoms with Gasteiger partial charge in [-0.05, 0) is 12.5 Å². The number of hydrogen-bond acceptors (Lipinski definition) is 4. The summed E-state index contributed by atoms with van der Waals surface area (Å²) in [5, 5.41) is 11.5. The molecule has 1 N–H and O–H groups in total. The Balaban J connectivity index is 2.23. The predicted molar refractivity (Wildman–Crippen MR) is 73.6 cm³/mol. The molecular weight excluding hydrogens is 226 g/mol. The summed E-state index contributed by atoms with van der Waals surface area (Å²) >= 11 is 0. The first-order valence-electron chi connectivity index (χ1n) is 6.91. The van der Waals surface area contributed by atoms with Gasteiger partial charge >= 0.3 is 0 Å². The van der Waals surface area contributed by atoms with E-state index in [1.807, 2.05) is 12.1 Å². The van der Waals surface area contributed by atoms with Gasteiger partial charge in [0.15, 0.2) is 0 Å². The van der Waals surface area contributed by atoms with Crippen molar-refractivity contribution in [3.05, 3.63) is 17.8 Å². The van der Waals surface area contributed by atoms with Crippen molar-refractivity contribution < 1.29 is 4.74 Å². The fourth-order valence-electron chi connectivity index (χ4n) is 1.53. The number of rotatable bonds is 9. The highest BCUT2D eigenvalue weighted by molar-refractivity contribution is 5.11. The molecule has 1 heterocycles. The van der Waals surface area contributed by atoms with Gasteiger partial charge in [0, 0.05) is 18.7 Å². The SMILES string of the molecule is CCCCCCOc1ccc(CNC(C)C)nn1. The molecule has 0 amide bonds. The first kappa shape index (κ1) is 14.9. The normalized spacial score (nSPS) is 10.9. The zero-order valence-electron chi connectivity index (χ0n) is 11.8. The van der Waals surface area contributed by atoms with E-state index in [2.05, 4.69) is 36.3 Å². The lowest BCUT2D eigenvalue weighted by Crippen LogP contribution is -2.22. The van der Waals surface area contributed by atoms with Crippen LogP contribution in [-0.4, -0.2) is 22.8 Å². The predicted octanol–water partition coefficient (Wildman–Crippen LogP) is 2.93. The second-order valence-corrected chi connectivity index (χ2v) is 4.81. The summed E-state index contributed by atoms with van der Waals surface area (Å²) in [5.74, 6) is 0.625. The Bertz CT molecular complexity index is 311. The van der Waals surface area contributed by atoms with Gasteiger partial charge in [-0.1, -0.05) is 40.0 Å². The van der Waals surface area contributed by atoms with Crippen LogP contribution in [0.2, 0.25) is 0 Å². The Hall–Kier alpha value is -1.16. The molecule has 0 atom stereocenters. The zero-order chi connectivity index (χ0) is 13.2. The summed E-state index contributed by atoms with van der Waals surface area (Å²) in [6.45, 7) is 7.92. The smallest absolute Gasteiger partial charge is 0.233 e. The molecule has 0 aliphatic carbocycles. The Morgan fingerprint density at radius 3 is 2.61 bits per heavy atom. The van der Waals surface area contributed by atoms with Crippen LogP contribution in [0.15, 0.2) is 12.1 Å². The topological polar surface area (TPSA) is 47.0 Å². The largest absolute Gasteiger partial charge is 0.477 e. The van der Waals surface area contributed by atoms with Gasteiger partial charge in [0.1, 0.15) is 0 Å². The summed E-state index contributed by atoms with van der Waals surface area (Å²) in [5.41, 5.74) is 0.946. The van der Waals surface area contributed by atoms with Crippen LogP contribution >= 0.6 is 0 Å². The molecule has 0 saturated heterocycles. The van der Waals surface area contributed by atoms with Gasteiger partial charge in [0.05, 0.1) is 12.3 Å². The van der Waals surface area contributed by atoms with Gasteiger partial charge in [-0.3, -0.25) is 0 Å². The maximum Gasteiger partial charge on any atom is 0.233 e. The molecular formula is C14H25N3O. The maximum absolute atomic E-state index is 5.54. The molecule has 18 heavy (non-hydrogen) atoms. The highest BCUT2D eigenvalue weighted by atomic mass is 16.5. The van der Waals surface area contributed by atoms with Crippen LogP contribution < -0.4 is 10.1 Å². The molecule has 0 aliphatic heterocycles. The zero-order valence-corrected chi connectivity index (χ0v) is 11.8. The van der Waals surface area contributed by atoms with Crippen LogP contribution in [0, 0.1) is 0 Å². The Morgan fingerprint density at radius 1 is 1.17 bits per heavy atom. The third-order valence-electron chi connectivity index (χ3n) is 2.63. The van der Waals surface area contributed by atoms with E-state index in [0.717, 1.165) is 25.3 Å². The standard InChI is InChI=1S/C14H25N3O/c1-4-5-6-7-10-18-14-9-8-13(16-17-14)11-15-12(2)3/h8-9,12,15H,4-7,10-11H2,1-3H3. The van der Waals surface area contributed by atoms with Crippen LogP contribution in [-0.2, 0) is 6.54 Å². The summed E-state index contributed by atoms with van der Waals surface area (Å²) in [4.78, 5) is 0. The van der Waals surface area contributed by atoms with Gasteiger partial charge < -0.3 is 10.1 Å². The molecule has 4 nitrogen and oxygen atoms in total. The van der Waals surface area contributed by atoms with E-state index in [0.29, 0.717) is 11.9 Å². The van der Waals surface area contributed by atoms with Crippen molar-refractivity contribution in [1.82, 2.24) is 15.5 Å². The van der Waals surface area contributed by atoms with E-state index in [4.69, 9.17) is 4.74 Å². The first-order chi connectivity index (χ1) is 8.72. The van der Waals surface area contributed by atoms with Gasteiger partial charge in [0.25, 0.3) is 0 Å². The second-order valence-electron chi connectivity index (χ2n) is 4.81. The molecule has 0 spiro atoms. The van der Waals surface area contributed by atoms with E-state index in [9.17, 15) is 0 Å². The van der Waals surface area contributed by atoms with Gasteiger partial charge in [-0.2, -0.15) is 5.10 Å². The first-order valence-corrected chi connectivity index (χ1v) is 6.91. The minimum absolute atomic E-state index is 0.460. The van der Waals surface area contributed by atoms with E-state index < -0.39 is 0 Å². The van der Waals surface area contributed by atoms with Crippen molar-refractivity contribution in [2.45, 2.75) is 59.0 Å². The lowest BCUT2D eigenvalue weighted by molar-refractivity contribution is 0.290. The number of hydrogen-bond donors (Lipinski definition) is 1. The number of ether oxygens (including phenoxy) is 1. The van der Waals surface area contributed by atoms with Crippen LogP contribution in [0.3, 0.4) is 0 Å². The highest BCUT2D eigenvalue weighted by Gasteiger charge is 2.00. The van der Waals surface area contributed by atoms with Gasteiger partial charge in [0.2, 0.25) is 5.88 Å². The number of aromatic nitrogens is 2. The van der Waals surface area contributed by atoms with Gasteiger partial charge in [-0.25, -0.2) is 0 Å². The number of nitrogens with zero attached hydrogens (tertiary/aromatic N) is 2. The van der Waals surface area contributed by atoms with Crippen molar-refractivity contribution in [1.29, 1.82) is 0 Å². The van der Waals surface area contributed by atoms with Crippen molar-refractivity contribution in [3.8, 4) is 5.88 Å². The van der Waals surface area contributed by atoms with E-state index >= 15 is 0 Å². The summed E-state index contributed by atoms with van der Waals surface area (Å²) < 4.78 is 5.54. The Labute approximate surface area is 110 Å². The summed E-state index contributed by atoms with van der Waals surface area (Å²) in [7, 11) is 0. The molecule has 0 bridgehead atoms. The minimum Gasteiger partial charge on any atom is -0.477 e. The monoisotopic (exact) mass is 251 g/mol. The number of unbranched alkanes of at least 4 members (excludes halogenated alkanes) is 3. The quantitative estimate of drug-likeness (QED) is 0.685. The second kappa shape index (κ2) is 8.86. The minimum atomic E-state index is 0.460. The molecule has 4 heteroatoms. The average Bonchev–Trinajstić information content (AvgIpc) is 2.37. The molecule has 0 radical (unpaired) electrons. The Morgan fingerprint density at radius 2 is 2.00 bits per heavy atom. The Kier molecular flexibility index (Phi) is 7.34. The van der Waals surface area contributed by atoms with Crippen LogP contribution in [0.4, 0.5) is 0 Å². The van der Waals surface area contributed by atoms with Crippen molar-refractivity contribution in [2.24, 2.45) is 0 Å². The van der Waals surface area contributed by atoms with Crippen molar-refractivity contribution >= 4 is 0 Å². The lowest BCUT2D eigenvalue weighted by atomic mass is 10.2. The lowest BCUT2D eigenvalue weighted by Gasteiger charge is -2.07. The van der Waals surface area contributed by atoms with Crippen molar-refractivity contribution in [3.63, 3.8) is 0 Å².